The van der Waals surface area contributed by atoms with Crippen LogP contribution in [0.15, 0.2) is 18.2 Å². The molecule has 0 aliphatic rings. The fraction of sp³-hybridized carbons (Fsp3) is 0.125. The van der Waals surface area contributed by atoms with Gasteiger partial charge in [-0.05, 0) is 23.7 Å². The molecule has 0 aromatic heterocycles. The second-order valence-electron chi connectivity index (χ2n) is 2.83. The van der Waals surface area contributed by atoms with Crippen molar-refractivity contribution < 1.29 is 32.8 Å². The first-order valence-electron chi connectivity index (χ1n) is 4.04. The summed E-state index contributed by atoms with van der Waals surface area (Å²) in [6, 6.07) is 2.65. The highest BCUT2D eigenvalue weighted by atomic mass is 19.4. The molecule has 2 N–H and O–H groups in total. The van der Waals surface area contributed by atoms with Gasteiger partial charge in [-0.1, -0.05) is 0 Å². The van der Waals surface area contributed by atoms with Gasteiger partial charge in [0.1, 0.15) is 12.0 Å². The van der Waals surface area contributed by atoms with E-state index in [1.807, 2.05) is 0 Å². The molecule has 0 unspecified atom stereocenters. The molecule has 0 radical (unpaired) electrons. The Balaban J connectivity index is 3.07. The summed E-state index contributed by atoms with van der Waals surface area (Å²) in [6.45, 7) is 0. The van der Waals surface area contributed by atoms with Crippen LogP contribution in [0.25, 0.3) is 0 Å². The third-order valence-electron chi connectivity index (χ3n) is 1.70. The summed E-state index contributed by atoms with van der Waals surface area (Å²) in [5.41, 5.74) is -0.471. The van der Waals surface area contributed by atoms with Gasteiger partial charge in [0.25, 0.3) is 0 Å². The topological polar surface area (TPSA) is 66.8 Å². The molecule has 0 heterocycles. The summed E-state index contributed by atoms with van der Waals surface area (Å²) in [5.74, 6) is -0.624. The number of alkyl halides is 3. The van der Waals surface area contributed by atoms with Crippen LogP contribution < -0.4 is 10.2 Å². The Labute approximate surface area is 88.4 Å². The van der Waals surface area contributed by atoms with E-state index in [2.05, 4.69) is 4.74 Å². The van der Waals surface area contributed by atoms with Crippen LogP contribution in [-0.4, -0.2) is 29.8 Å². The van der Waals surface area contributed by atoms with Gasteiger partial charge in [0.15, 0.2) is 0 Å². The van der Waals surface area contributed by atoms with Gasteiger partial charge >= 0.3 is 13.5 Å². The minimum atomic E-state index is -4.87. The number of carbonyl (C=O) groups is 1. The number of carbonyl (C=O) groups excluding carboxylic acids is 1. The first-order chi connectivity index (χ1) is 7.33. The molecule has 0 saturated carbocycles. The van der Waals surface area contributed by atoms with Crippen LogP contribution in [0.3, 0.4) is 0 Å². The molecule has 1 aromatic carbocycles. The van der Waals surface area contributed by atoms with E-state index in [1.54, 1.807) is 0 Å². The van der Waals surface area contributed by atoms with Gasteiger partial charge in [0.2, 0.25) is 0 Å². The standard InChI is InChI=1S/C8H6BF3O4/c10-8(11,12)16-6-2-1-5(4-13)7(3-6)9(14)15/h1-4,14-15H. The normalized spacial score (nSPS) is 11.1. The number of ether oxygens (including phenoxy) is 1. The molecular weight excluding hydrogens is 228 g/mol. The van der Waals surface area contributed by atoms with E-state index >= 15 is 0 Å². The summed E-state index contributed by atoms with van der Waals surface area (Å²) in [7, 11) is -2.04. The number of halogens is 3. The van der Waals surface area contributed by atoms with E-state index in [0.29, 0.717) is 6.29 Å². The van der Waals surface area contributed by atoms with Gasteiger partial charge in [0.05, 0.1) is 0 Å². The predicted octanol–water partition coefficient (Wildman–Crippen LogP) is 0.0775. The molecule has 0 atom stereocenters. The largest absolute Gasteiger partial charge is 0.573 e. The molecule has 16 heavy (non-hydrogen) atoms. The Morgan fingerprint density at radius 1 is 1.31 bits per heavy atom. The van der Waals surface area contributed by atoms with Gasteiger partial charge in [-0.15, -0.1) is 13.2 Å². The van der Waals surface area contributed by atoms with Crippen molar-refractivity contribution in [1.29, 1.82) is 0 Å². The van der Waals surface area contributed by atoms with Crippen molar-refractivity contribution >= 4 is 18.9 Å². The molecule has 4 nitrogen and oxygen atoms in total. The fourth-order valence-electron chi connectivity index (χ4n) is 1.08. The van der Waals surface area contributed by atoms with Crippen molar-refractivity contribution in [3.63, 3.8) is 0 Å². The van der Waals surface area contributed by atoms with Crippen molar-refractivity contribution in [3.05, 3.63) is 23.8 Å². The predicted molar refractivity (Wildman–Crippen MR) is 48.3 cm³/mol. The number of hydrogen-bond donors (Lipinski definition) is 2. The highest BCUT2D eigenvalue weighted by Gasteiger charge is 2.31. The summed E-state index contributed by atoms with van der Waals surface area (Å²) >= 11 is 0. The van der Waals surface area contributed by atoms with Gasteiger partial charge in [-0.25, -0.2) is 0 Å². The van der Waals surface area contributed by atoms with E-state index in [0.717, 1.165) is 18.2 Å². The van der Waals surface area contributed by atoms with Crippen molar-refractivity contribution in [2.45, 2.75) is 6.36 Å². The molecule has 0 bridgehead atoms. The minimum Gasteiger partial charge on any atom is -0.423 e. The number of benzene rings is 1. The quantitative estimate of drug-likeness (QED) is 0.573. The van der Waals surface area contributed by atoms with Crippen LogP contribution in [0.1, 0.15) is 10.4 Å². The molecule has 0 saturated heterocycles. The molecule has 1 aromatic rings. The van der Waals surface area contributed by atoms with Crippen LogP contribution in [0.2, 0.25) is 0 Å². The second-order valence-corrected chi connectivity index (χ2v) is 2.83. The molecule has 0 aliphatic carbocycles. The zero-order chi connectivity index (χ0) is 12.3. The summed E-state index contributed by atoms with van der Waals surface area (Å²) in [6.07, 6.45) is -4.58. The third-order valence-corrected chi connectivity index (χ3v) is 1.70. The van der Waals surface area contributed by atoms with Crippen molar-refractivity contribution in [2.24, 2.45) is 0 Å². The van der Waals surface area contributed by atoms with Crippen molar-refractivity contribution in [3.8, 4) is 5.75 Å². The molecule has 86 valence electrons. The smallest absolute Gasteiger partial charge is 0.423 e. The Kier molecular flexibility index (Phi) is 3.56. The maximum absolute atomic E-state index is 11.8. The van der Waals surface area contributed by atoms with Crippen molar-refractivity contribution in [2.75, 3.05) is 0 Å². The molecule has 0 fully saturated rings. The molecule has 8 heteroatoms. The van der Waals surface area contributed by atoms with Gasteiger partial charge in [-0.2, -0.15) is 0 Å². The Bertz CT molecular complexity index is 391. The number of aldehydes is 1. The van der Waals surface area contributed by atoms with E-state index < -0.39 is 19.2 Å². The Morgan fingerprint density at radius 3 is 2.38 bits per heavy atom. The first-order valence-corrected chi connectivity index (χ1v) is 4.04. The molecule has 1 rings (SSSR count). The lowest BCUT2D eigenvalue weighted by atomic mass is 9.77. The van der Waals surface area contributed by atoms with Crippen LogP contribution in [-0.2, 0) is 0 Å². The van der Waals surface area contributed by atoms with E-state index in [-0.39, 0.29) is 11.0 Å². The highest BCUT2D eigenvalue weighted by molar-refractivity contribution is 6.60. The van der Waals surface area contributed by atoms with E-state index in [9.17, 15) is 18.0 Å². The summed E-state index contributed by atoms with van der Waals surface area (Å²) in [5, 5.41) is 17.6. The zero-order valence-electron chi connectivity index (χ0n) is 7.73. The Morgan fingerprint density at radius 2 is 1.94 bits per heavy atom. The van der Waals surface area contributed by atoms with Crippen LogP contribution in [0.4, 0.5) is 13.2 Å². The first kappa shape index (κ1) is 12.5. The molecular formula is C8H6BF3O4. The van der Waals surface area contributed by atoms with Crippen LogP contribution in [0.5, 0.6) is 5.75 Å². The number of hydrogen-bond acceptors (Lipinski definition) is 4. The van der Waals surface area contributed by atoms with Gasteiger partial charge < -0.3 is 14.8 Å². The molecule has 0 amide bonds. The minimum absolute atomic E-state index is 0.121. The average molecular weight is 234 g/mol. The van der Waals surface area contributed by atoms with Gasteiger partial charge in [-0.3, -0.25) is 4.79 Å². The lowest BCUT2D eigenvalue weighted by Crippen LogP contribution is -2.33. The van der Waals surface area contributed by atoms with E-state index in [4.69, 9.17) is 10.0 Å². The SMILES string of the molecule is O=Cc1ccc(OC(F)(F)F)cc1B(O)O. The van der Waals surface area contributed by atoms with E-state index in [1.165, 1.54) is 0 Å². The summed E-state index contributed by atoms with van der Waals surface area (Å²) < 4.78 is 39.1. The van der Waals surface area contributed by atoms with Crippen LogP contribution in [0, 0.1) is 0 Å². The monoisotopic (exact) mass is 234 g/mol. The fourth-order valence-corrected chi connectivity index (χ4v) is 1.08. The second kappa shape index (κ2) is 4.54. The maximum Gasteiger partial charge on any atom is 0.573 e. The lowest BCUT2D eigenvalue weighted by molar-refractivity contribution is -0.274. The maximum atomic E-state index is 11.8. The summed E-state index contributed by atoms with van der Waals surface area (Å²) in [4.78, 5) is 10.4. The third kappa shape index (κ3) is 3.25. The molecule has 0 aliphatic heterocycles. The average Bonchev–Trinajstić information content (AvgIpc) is 2.15. The zero-order valence-corrected chi connectivity index (χ0v) is 7.73. The van der Waals surface area contributed by atoms with Gasteiger partial charge in [0, 0.05) is 5.56 Å². The highest BCUT2D eigenvalue weighted by Crippen LogP contribution is 2.21. The Hall–Kier alpha value is -1.54. The molecule has 0 spiro atoms. The van der Waals surface area contributed by atoms with Crippen LogP contribution >= 0.6 is 0 Å². The lowest BCUT2D eigenvalue weighted by Gasteiger charge is -2.11. The van der Waals surface area contributed by atoms with Crippen molar-refractivity contribution in [1.82, 2.24) is 0 Å². The number of rotatable bonds is 3.